The second kappa shape index (κ2) is 6.57. The quantitative estimate of drug-likeness (QED) is 0.791. The molecule has 1 amide bonds. The van der Waals surface area contributed by atoms with Crippen molar-refractivity contribution in [1.29, 1.82) is 0 Å². The highest BCUT2D eigenvalue weighted by molar-refractivity contribution is 5.84. The number of hydrogen-bond acceptors (Lipinski definition) is 3. The molecule has 0 spiro atoms. The number of aryl methyl sites for hydroxylation is 2. The van der Waals surface area contributed by atoms with Crippen molar-refractivity contribution in [2.45, 2.75) is 39.7 Å². The molecule has 0 aliphatic carbocycles. The number of nitrogens with one attached hydrogen (secondary N) is 1. The molecule has 0 fully saturated rings. The van der Waals surface area contributed by atoms with Gasteiger partial charge in [0, 0.05) is 0 Å². The Morgan fingerprint density at radius 1 is 1.37 bits per heavy atom. The molecule has 0 saturated heterocycles. The van der Waals surface area contributed by atoms with Gasteiger partial charge in [-0.05, 0) is 44.9 Å². The molecule has 0 heterocycles. The number of hydrogen-bond donors (Lipinski definition) is 2. The van der Waals surface area contributed by atoms with E-state index in [9.17, 15) is 4.79 Å². The molecule has 4 nitrogen and oxygen atoms in total. The summed E-state index contributed by atoms with van der Waals surface area (Å²) in [7, 11) is 0. The monoisotopic (exact) mass is 264 g/mol. The number of primary amides is 1. The third-order valence-electron chi connectivity index (χ3n) is 3.22. The van der Waals surface area contributed by atoms with Gasteiger partial charge < -0.3 is 15.8 Å². The van der Waals surface area contributed by atoms with Gasteiger partial charge in [0.2, 0.25) is 5.91 Å². The van der Waals surface area contributed by atoms with Crippen molar-refractivity contribution < 1.29 is 9.53 Å². The first-order valence-corrected chi connectivity index (χ1v) is 6.64. The van der Waals surface area contributed by atoms with E-state index in [1.165, 1.54) is 0 Å². The van der Waals surface area contributed by atoms with Gasteiger partial charge in [0.05, 0.1) is 0 Å². The van der Waals surface area contributed by atoms with Gasteiger partial charge >= 0.3 is 0 Å². The molecular weight excluding hydrogens is 240 g/mol. The maximum Gasteiger partial charge on any atom is 0.240 e. The van der Waals surface area contributed by atoms with E-state index in [1.54, 1.807) is 6.92 Å². The maximum atomic E-state index is 11.6. The molecule has 1 aromatic carbocycles. The summed E-state index contributed by atoms with van der Waals surface area (Å²) in [6.45, 7) is 8.76. The van der Waals surface area contributed by atoms with Crippen molar-refractivity contribution in [2.75, 3.05) is 13.2 Å². The Balaban J connectivity index is 2.79. The Morgan fingerprint density at radius 3 is 2.42 bits per heavy atom. The molecule has 3 N–H and O–H groups in total. The van der Waals surface area contributed by atoms with Gasteiger partial charge in [-0.1, -0.05) is 25.1 Å². The van der Waals surface area contributed by atoms with Gasteiger partial charge in [-0.2, -0.15) is 0 Å². The Morgan fingerprint density at radius 2 is 1.95 bits per heavy atom. The summed E-state index contributed by atoms with van der Waals surface area (Å²) in [5.74, 6) is 0.431. The molecule has 1 atom stereocenters. The van der Waals surface area contributed by atoms with Crippen LogP contribution in [-0.4, -0.2) is 24.6 Å². The zero-order valence-electron chi connectivity index (χ0n) is 12.2. The molecule has 1 aromatic rings. The van der Waals surface area contributed by atoms with Crippen molar-refractivity contribution in [2.24, 2.45) is 5.73 Å². The minimum absolute atomic E-state index is 0.230. The van der Waals surface area contributed by atoms with E-state index >= 15 is 0 Å². The lowest BCUT2D eigenvalue weighted by molar-refractivity contribution is -0.125. The second-order valence-corrected chi connectivity index (χ2v) is 5.13. The van der Waals surface area contributed by atoms with Gasteiger partial charge in [-0.15, -0.1) is 0 Å². The first-order valence-electron chi connectivity index (χ1n) is 6.64. The average Bonchev–Trinajstić information content (AvgIpc) is 2.35. The number of carbonyl (C=O) groups excluding carboxylic acids is 1. The highest BCUT2D eigenvalue weighted by Crippen LogP contribution is 2.23. The summed E-state index contributed by atoms with van der Waals surface area (Å²) in [6.07, 6.45) is 0.937. The largest absolute Gasteiger partial charge is 0.491 e. The lowest BCUT2D eigenvalue weighted by Crippen LogP contribution is -2.57. The highest BCUT2D eigenvalue weighted by Gasteiger charge is 2.31. The second-order valence-electron chi connectivity index (χ2n) is 5.13. The molecule has 0 bridgehead atoms. The standard InChI is InChI=1S/C15H24N2O2/c1-5-9-17-15(4,14(16)18)10-19-13-11(2)7-6-8-12(13)3/h6-8,17H,5,9-10H2,1-4H3,(H2,16,18). The molecule has 4 heteroatoms. The predicted octanol–water partition coefficient (Wildman–Crippen LogP) is 1.93. The van der Waals surface area contributed by atoms with Crippen LogP contribution in [0.5, 0.6) is 5.75 Å². The van der Waals surface area contributed by atoms with Crippen LogP contribution in [-0.2, 0) is 4.79 Å². The van der Waals surface area contributed by atoms with Crippen LogP contribution in [0.1, 0.15) is 31.4 Å². The molecule has 1 unspecified atom stereocenters. The number of rotatable bonds is 7. The Hall–Kier alpha value is -1.55. The maximum absolute atomic E-state index is 11.6. The molecule has 106 valence electrons. The predicted molar refractivity (Wildman–Crippen MR) is 77.3 cm³/mol. The smallest absolute Gasteiger partial charge is 0.240 e. The van der Waals surface area contributed by atoms with E-state index in [0.29, 0.717) is 0 Å². The number of benzene rings is 1. The summed E-state index contributed by atoms with van der Waals surface area (Å²) >= 11 is 0. The normalized spacial score (nSPS) is 13.9. The molecular formula is C15H24N2O2. The van der Waals surface area contributed by atoms with Crippen molar-refractivity contribution in [3.8, 4) is 5.75 Å². The minimum atomic E-state index is -0.843. The van der Waals surface area contributed by atoms with E-state index in [-0.39, 0.29) is 6.61 Å². The average molecular weight is 264 g/mol. The van der Waals surface area contributed by atoms with Crippen molar-refractivity contribution >= 4 is 5.91 Å². The molecule has 0 aromatic heterocycles. The van der Waals surface area contributed by atoms with Crippen molar-refractivity contribution in [1.82, 2.24) is 5.32 Å². The van der Waals surface area contributed by atoms with E-state index < -0.39 is 11.4 Å². The summed E-state index contributed by atoms with van der Waals surface area (Å²) < 4.78 is 5.83. The summed E-state index contributed by atoms with van der Waals surface area (Å²) in [6, 6.07) is 5.97. The summed E-state index contributed by atoms with van der Waals surface area (Å²) in [5.41, 5.74) is 6.74. The first kappa shape index (κ1) is 15.5. The topological polar surface area (TPSA) is 64.3 Å². The third kappa shape index (κ3) is 3.96. The zero-order valence-corrected chi connectivity index (χ0v) is 12.2. The van der Waals surface area contributed by atoms with Gasteiger partial charge in [0.15, 0.2) is 0 Å². The fourth-order valence-corrected chi connectivity index (χ4v) is 1.85. The van der Waals surface area contributed by atoms with E-state index in [0.717, 1.165) is 29.8 Å². The number of para-hydroxylation sites is 1. The molecule has 0 aliphatic heterocycles. The molecule has 19 heavy (non-hydrogen) atoms. The van der Waals surface area contributed by atoms with Crippen LogP contribution in [0, 0.1) is 13.8 Å². The summed E-state index contributed by atoms with van der Waals surface area (Å²) in [4.78, 5) is 11.6. The van der Waals surface area contributed by atoms with Crippen LogP contribution in [0.4, 0.5) is 0 Å². The van der Waals surface area contributed by atoms with Gasteiger partial charge in [-0.25, -0.2) is 0 Å². The van der Waals surface area contributed by atoms with Crippen LogP contribution < -0.4 is 15.8 Å². The van der Waals surface area contributed by atoms with Crippen LogP contribution in [0.15, 0.2) is 18.2 Å². The number of nitrogens with two attached hydrogens (primary N) is 1. The Labute approximate surface area is 115 Å². The minimum Gasteiger partial charge on any atom is -0.491 e. The van der Waals surface area contributed by atoms with Crippen molar-refractivity contribution in [3.63, 3.8) is 0 Å². The van der Waals surface area contributed by atoms with Gasteiger partial charge in [-0.3, -0.25) is 4.79 Å². The fourth-order valence-electron chi connectivity index (χ4n) is 1.85. The molecule has 0 radical (unpaired) electrons. The molecule has 0 saturated carbocycles. The number of carbonyl (C=O) groups is 1. The lowest BCUT2D eigenvalue weighted by Gasteiger charge is -2.28. The van der Waals surface area contributed by atoms with Gasteiger partial charge in [0.1, 0.15) is 17.9 Å². The molecule has 1 rings (SSSR count). The van der Waals surface area contributed by atoms with E-state index in [2.05, 4.69) is 5.32 Å². The van der Waals surface area contributed by atoms with Crippen LogP contribution in [0.25, 0.3) is 0 Å². The lowest BCUT2D eigenvalue weighted by atomic mass is 10.0. The highest BCUT2D eigenvalue weighted by atomic mass is 16.5. The number of ether oxygens (including phenoxy) is 1. The van der Waals surface area contributed by atoms with E-state index in [4.69, 9.17) is 10.5 Å². The first-order chi connectivity index (χ1) is 8.90. The molecule has 0 aliphatic rings. The van der Waals surface area contributed by atoms with Crippen molar-refractivity contribution in [3.05, 3.63) is 29.3 Å². The zero-order chi connectivity index (χ0) is 14.5. The SMILES string of the molecule is CCCNC(C)(COc1c(C)cccc1C)C(N)=O. The third-order valence-corrected chi connectivity index (χ3v) is 3.22. The van der Waals surface area contributed by atoms with E-state index in [1.807, 2.05) is 39.0 Å². The Bertz CT molecular complexity index is 426. The number of amides is 1. The van der Waals surface area contributed by atoms with Crippen LogP contribution >= 0.6 is 0 Å². The fraction of sp³-hybridized carbons (Fsp3) is 0.533. The van der Waals surface area contributed by atoms with Crippen LogP contribution in [0.3, 0.4) is 0 Å². The van der Waals surface area contributed by atoms with Crippen LogP contribution in [0.2, 0.25) is 0 Å². The summed E-state index contributed by atoms with van der Waals surface area (Å²) in [5, 5.41) is 3.15. The Kier molecular flexibility index (Phi) is 5.36. The van der Waals surface area contributed by atoms with Gasteiger partial charge in [0.25, 0.3) is 0 Å².